The van der Waals surface area contributed by atoms with Gasteiger partial charge in [-0.3, -0.25) is 0 Å². The predicted octanol–water partition coefficient (Wildman–Crippen LogP) is 2.79. The molecular formula is C12H17BrFNO2. The monoisotopic (exact) mass is 305 g/mol. The highest BCUT2D eigenvalue weighted by atomic mass is 79.9. The Morgan fingerprint density at radius 2 is 2.18 bits per heavy atom. The van der Waals surface area contributed by atoms with E-state index in [1.165, 1.54) is 12.1 Å². The number of hydrogen-bond donors (Lipinski definition) is 2. The van der Waals surface area contributed by atoms with Crippen molar-refractivity contribution in [2.75, 3.05) is 18.5 Å². The zero-order valence-electron chi connectivity index (χ0n) is 9.91. The molecule has 0 saturated carbocycles. The van der Waals surface area contributed by atoms with Crippen LogP contribution in [0.3, 0.4) is 0 Å². The quantitative estimate of drug-likeness (QED) is 0.849. The van der Waals surface area contributed by atoms with Gasteiger partial charge in [0.15, 0.2) is 0 Å². The summed E-state index contributed by atoms with van der Waals surface area (Å²) in [4.78, 5) is 0. The Kier molecular flexibility index (Phi) is 5.88. The third kappa shape index (κ3) is 5.48. The summed E-state index contributed by atoms with van der Waals surface area (Å²) in [5.74, 6) is -0.300. The molecular weight excluding hydrogens is 289 g/mol. The van der Waals surface area contributed by atoms with Gasteiger partial charge in [-0.1, -0.05) is 0 Å². The number of halogens is 2. The first-order valence-electron chi connectivity index (χ1n) is 5.47. The van der Waals surface area contributed by atoms with Crippen LogP contribution in [0.2, 0.25) is 0 Å². The maximum atomic E-state index is 12.8. The van der Waals surface area contributed by atoms with Crippen LogP contribution in [-0.2, 0) is 4.74 Å². The standard InChI is InChI=1S/C12H17BrFNO2/c1-8(2)17-7-10(16)6-15-12-4-3-9(14)5-11(12)13/h3-5,8,10,15-16H,6-7H2,1-2H3. The number of nitrogens with one attached hydrogen (secondary N) is 1. The summed E-state index contributed by atoms with van der Waals surface area (Å²) in [7, 11) is 0. The molecule has 0 fully saturated rings. The van der Waals surface area contributed by atoms with Gasteiger partial charge in [-0.25, -0.2) is 4.39 Å². The lowest BCUT2D eigenvalue weighted by Crippen LogP contribution is -2.26. The van der Waals surface area contributed by atoms with Crippen LogP contribution in [0.5, 0.6) is 0 Å². The van der Waals surface area contributed by atoms with Crippen LogP contribution in [0.1, 0.15) is 13.8 Å². The summed E-state index contributed by atoms with van der Waals surface area (Å²) < 4.78 is 18.7. The summed E-state index contributed by atoms with van der Waals surface area (Å²) in [6.07, 6.45) is -0.489. The molecule has 1 unspecified atom stereocenters. The first kappa shape index (κ1) is 14.4. The van der Waals surface area contributed by atoms with E-state index in [0.29, 0.717) is 11.0 Å². The third-order valence-corrected chi connectivity index (χ3v) is 2.74. The highest BCUT2D eigenvalue weighted by Crippen LogP contribution is 2.22. The van der Waals surface area contributed by atoms with Crippen molar-refractivity contribution < 1.29 is 14.2 Å². The number of ether oxygens (including phenoxy) is 1. The van der Waals surface area contributed by atoms with Crippen molar-refractivity contribution in [2.45, 2.75) is 26.1 Å². The Morgan fingerprint density at radius 3 is 2.76 bits per heavy atom. The SMILES string of the molecule is CC(C)OCC(O)CNc1ccc(F)cc1Br. The van der Waals surface area contributed by atoms with Gasteiger partial charge in [-0.05, 0) is 48.0 Å². The average Bonchev–Trinajstić information content (AvgIpc) is 2.25. The van der Waals surface area contributed by atoms with Crippen LogP contribution < -0.4 is 5.32 Å². The molecule has 3 nitrogen and oxygen atoms in total. The van der Waals surface area contributed by atoms with Crippen molar-refractivity contribution in [3.8, 4) is 0 Å². The van der Waals surface area contributed by atoms with Crippen LogP contribution in [0.25, 0.3) is 0 Å². The lowest BCUT2D eigenvalue weighted by atomic mass is 10.3. The van der Waals surface area contributed by atoms with Gasteiger partial charge in [0.25, 0.3) is 0 Å². The van der Waals surface area contributed by atoms with Crippen molar-refractivity contribution in [3.63, 3.8) is 0 Å². The van der Waals surface area contributed by atoms with Gasteiger partial charge in [0.2, 0.25) is 0 Å². The molecule has 0 radical (unpaired) electrons. The largest absolute Gasteiger partial charge is 0.389 e. The second-order valence-corrected chi connectivity index (χ2v) is 4.90. The Labute approximate surface area is 109 Å². The van der Waals surface area contributed by atoms with Crippen molar-refractivity contribution >= 4 is 21.6 Å². The van der Waals surface area contributed by atoms with E-state index in [4.69, 9.17) is 4.74 Å². The molecule has 0 amide bonds. The van der Waals surface area contributed by atoms with E-state index in [9.17, 15) is 9.50 Å². The molecule has 0 aromatic heterocycles. The summed E-state index contributed by atoms with van der Waals surface area (Å²) in [6, 6.07) is 4.36. The molecule has 5 heteroatoms. The number of benzene rings is 1. The molecule has 0 aliphatic heterocycles. The van der Waals surface area contributed by atoms with E-state index in [1.54, 1.807) is 6.07 Å². The zero-order chi connectivity index (χ0) is 12.8. The fourth-order valence-corrected chi connectivity index (χ4v) is 1.71. The highest BCUT2D eigenvalue weighted by molar-refractivity contribution is 9.10. The maximum absolute atomic E-state index is 12.8. The van der Waals surface area contributed by atoms with Crippen LogP contribution in [0.4, 0.5) is 10.1 Å². The first-order valence-corrected chi connectivity index (χ1v) is 6.27. The molecule has 0 bridgehead atoms. The number of aliphatic hydroxyl groups excluding tert-OH is 1. The zero-order valence-corrected chi connectivity index (χ0v) is 11.5. The Morgan fingerprint density at radius 1 is 1.47 bits per heavy atom. The molecule has 0 heterocycles. The summed E-state index contributed by atoms with van der Waals surface area (Å²) in [6.45, 7) is 4.47. The summed E-state index contributed by atoms with van der Waals surface area (Å²) in [5, 5.41) is 12.6. The van der Waals surface area contributed by atoms with E-state index in [1.807, 2.05) is 13.8 Å². The second kappa shape index (κ2) is 6.93. The van der Waals surface area contributed by atoms with Crippen LogP contribution in [-0.4, -0.2) is 30.5 Å². The third-order valence-electron chi connectivity index (χ3n) is 2.08. The first-order chi connectivity index (χ1) is 7.99. The van der Waals surface area contributed by atoms with E-state index >= 15 is 0 Å². The molecule has 0 saturated heterocycles. The van der Waals surface area contributed by atoms with E-state index in [0.717, 1.165) is 5.69 Å². The van der Waals surface area contributed by atoms with Gasteiger partial charge in [-0.15, -0.1) is 0 Å². The fourth-order valence-electron chi connectivity index (χ4n) is 1.22. The van der Waals surface area contributed by atoms with Crippen molar-refractivity contribution in [2.24, 2.45) is 0 Å². The molecule has 2 N–H and O–H groups in total. The molecule has 1 atom stereocenters. The Hall–Kier alpha value is -0.650. The Bertz CT molecular complexity index is 360. The average molecular weight is 306 g/mol. The lowest BCUT2D eigenvalue weighted by molar-refractivity contribution is 0.0112. The normalized spacial score (nSPS) is 12.8. The molecule has 1 rings (SSSR count). The minimum absolute atomic E-state index is 0.0993. The number of rotatable bonds is 6. The molecule has 0 aliphatic rings. The van der Waals surface area contributed by atoms with Gasteiger partial charge in [-0.2, -0.15) is 0 Å². The van der Waals surface area contributed by atoms with Gasteiger partial charge >= 0.3 is 0 Å². The fraction of sp³-hybridized carbons (Fsp3) is 0.500. The molecule has 96 valence electrons. The number of aliphatic hydroxyl groups is 1. The number of anilines is 1. The molecule has 0 aliphatic carbocycles. The maximum Gasteiger partial charge on any atom is 0.124 e. The minimum atomic E-state index is -0.589. The van der Waals surface area contributed by atoms with Crippen LogP contribution in [0.15, 0.2) is 22.7 Å². The van der Waals surface area contributed by atoms with Crippen LogP contribution in [0, 0.1) is 5.82 Å². The smallest absolute Gasteiger partial charge is 0.124 e. The topological polar surface area (TPSA) is 41.5 Å². The molecule has 1 aromatic rings. The predicted molar refractivity (Wildman–Crippen MR) is 69.7 cm³/mol. The molecule has 0 spiro atoms. The van der Waals surface area contributed by atoms with Gasteiger partial charge in [0, 0.05) is 16.7 Å². The molecule has 1 aromatic carbocycles. The van der Waals surface area contributed by atoms with Crippen molar-refractivity contribution in [1.82, 2.24) is 0 Å². The van der Waals surface area contributed by atoms with E-state index in [-0.39, 0.29) is 18.5 Å². The lowest BCUT2D eigenvalue weighted by Gasteiger charge is -2.15. The minimum Gasteiger partial charge on any atom is -0.389 e. The van der Waals surface area contributed by atoms with Crippen LogP contribution >= 0.6 is 15.9 Å². The van der Waals surface area contributed by atoms with Crippen molar-refractivity contribution in [3.05, 3.63) is 28.5 Å². The van der Waals surface area contributed by atoms with Crippen molar-refractivity contribution in [1.29, 1.82) is 0 Å². The summed E-state index contributed by atoms with van der Waals surface area (Å²) in [5.41, 5.74) is 0.745. The second-order valence-electron chi connectivity index (χ2n) is 4.04. The molecule has 17 heavy (non-hydrogen) atoms. The number of hydrogen-bond acceptors (Lipinski definition) is 3. The van der Waals surface area contributed by atoms with Gasteiger partial charge in [0.1, 0.15) is 5.82 Å². The highest BCUT2D eigenvalue weighted by Gasteiger charge is 2.07. The van der Waals surface area contributed by atoms with E-state index in [2.05, 4.69) is 21.2 Å². The summed E-state index contributed by atoms with van der Waals surface area (Å²) >= 11 is 3.24. The van der Waals surface area contributed by atoms with E-state index < -0.39 is 6.10 Å². The van der Waals surface area contributed by atoms with Gasteiger partial charge in [0.05, 0.1) is 18.8 Å². The van der Waals surface area contributed by atoms with Gasteiger partial charge < -0.3 is 15.2 Å². The Balaban J connectivity index is 2.39.